The summed E-state index contributed by atoms with van der Waals surface area (Å²) in [4.78, 5) is 4.85. The van der Waals surface area contributed by atoms with Crippen LogP contribution < -0.4 is 5.44 Å². The maximum absolute atomic E-state index is 4.85. The van der Waals surface area contributed by atoms with Crippen molar-refractivity contribution in [2.24, 2.45) is 0 Å². The third kappa shape index (κ3) is 3.05. The smallest absolute Gasteiger partial charge is 0.137 e. The first kappa shape index (κ1) is 15.6. The van der Waals surface area contributed by atoms with Crippen LogP contribution in [0, 0.1) is 6.92 Å². The second kappa shape index (κ2) is 6.88. The number of imidazole rings is 1. The maximum Gasteiger partial charge on any atom is 0.137 e. The van der Waals surface area contributed by atoms with Crippen LogP contribution in [0.4, 0.5) is 0 Å². The quantitative estimate of drug-likeness (QED) is 0.804. The van der Waals surface area contributed by atoms with Crippen molar-refractivity contribution in [3.05, 3.63) is 30.1 Å². The monoisotopic (exact) mass is 330 g/mol. The van der Waals surface area contributed by atoms with Crippen LogP contribution in [0.15, 0.2) is 24.4 Å². The highest BCUT2D eigenvalue weighted by Crippen LogP contribution is 2.47. The molecule has 0 aromatic carbocycles. The Morgan fingerprint density at radius 1 is 0.870 bits per heavy atom. The van der Waals surface area contributed by atoms with Crippen molar-refractivity contribution >= 4 is 19.3 Å². The van der Waals surface area contributed by atoms with Gasteiger partial charge in [-0.2, -0.15) is 0 Å². The molecule has 2 aromatic heterocycles. The summed E-state index contributed by atoms with van der Waals surface area (Å²) in [6.45, 7) is 7.21. The number of fused-ring (bicyclic) bond motifs is 1. The minimum Gasteiger partial charge on any atom is -0.297 e. The van der Waals surface area contributed by atoms with E-state index in [1.54, 1.807) is 0 Å². The summed E-state index contributed by atoms with van der Waals surface area (Å²) in [5.74, 6) is 0. The average molecular weight is 330 g/mol. The number of pyridine rings is 1. The topological polar surface area (TPSA) is 23.8 Å². The van der Waals surface area contributed by atoms with Gasteiger partial charge in [-0.25, -0.2) is 4.98 Å². The molecular weight excluding hydrogens is 303 g/mol. The molecule has 23 heavy (non-hydrogen) atoms. The van der Waals surface area contributed by atoms with Gasteiger partial charge >= 0.3 is 0 Å². The molecule has 2 aliphatic heterocycles. The Hall–Kier alpha value is -0.960. The fraction of sp³-hybridized carbons (Fsp3) is 0.611. The summed E-state index contributed by atoms with van der Waals surface area (Å²) < 4.78 is 7.89. The van der Waals surface area contributed by atoms with E-state index in [-0.39, 0.29) is 0 Å². The van der Waals surface area contributed by atoms with Crippen molar-refractivity contribution in [3.8, 4) is 0 Å². The van der Waals surface area contributed by atoms with E-state index in [4.69, 9.17) is 4.98 Å². The maximum atomic E-state index is 4.85. The van der Waals surface area contributed by atoms with Crippen LogP contribution in [0.2, 0.25) is 0 Å². The lowest BCUT2D eigenvalue weighted by atomic mass is 10.2. The van der Waals surface area contributed by atoms with E-state index in [1.165, 1.54) is 75.8 Å². The van der Waals surface area contributed by atoms with Gasteiger partial charge in [0.05, 0.1) is 19.4 Å². The molecule has 4 nitrogen and oxygen atoms in total. The van der Waals surface area contributed by atoms with Crippen molar-refractivity contribution in [3.63, 3.8) is 0 Å². The lowest BCUT2D eigenvalue weighted by Gasteiger charge is -2.42. The fourth-order valence-electron chi connectivity index (χ4n) is 3.92. The highest BCUT2D eigenvalue weighted by atomic mass is 31.1. The van der Waals surface area contributed by atoms with E-state index < -0.39 is 8.22 Å². The van der Waals surface area contributed by atoms with E-state index in [9.17, 15) is 0 Å². The molecule has 0 bridgehead atoms. The van der Waals surface area contributed by atoms with Gasteiger partial charge in [-0.3, -0.25) is 13.7 Å². The predicted molar refractivity (Wildman–Crippen MR) is 97.3 cm³/mol. The predicted octanol–water partition coefficient (Wildman–Crippen LogP) is 3.55. The summed E-state index contributed by atoms with van der Waals surface area (Å²) in [5, 5.41) is 0. The molecule has 0 N–H and O–H groups in total. The van der Waals surface area contributed by atoms with Gasteiger partial charge < -0.3 is 0 Å². The SMILES string of the molecule is Cc1nc2ccccn2c1P(N1CCCCC1)N1CCCCC1. The first-order valence-electron chi connectivity index (χ1n) is 9.08. The van der Waals surface area contributed by atoms with Gasteiger partial charge in [0, 0.05) is 32.4 Å². The number of aromatic nitrogens is 2. The van der Waals surface area contributed by atoms with Crippen LogP contribution in [0.3, 0.4) is 0 Å². The van der Waals surface area contributed by atoms with Crippen LogP contribution in [0.25, 0.3) is 5.65 Å². The molecule has 0 saturated carbocycles. The van der Waals surface area contributed by atoms with Gasteiger partial charge in [-0.15, -0.1) is 0 Å². The van der Waals surface area contributed by atoms with E-state index in [0.717, 1.165) is 5.65 Å². The Labute approximate surface area is 140 Å². The van der Waals surface area contributed by atoms with Gasteiger partial charge in [0.25, 0.3) is 0 Å². The second-order valence-corrected chi connectivity index (χ2v) is 8.90. The van der Waals surface area contributed by atoms with E-state index in [2.05, 4.69) is 45.1 Å². The molecule has 0 aliphatic carbocycles. The molecular formula is C18H27N4P. The molecule has 4 heterocycles. The summed E-state index contributed by atoms with van der Waals surface area (Å²) in [6, 6.07) is 6.36. The molecule has 2 aromatic rings. The van der Waals surface area contributed by atoms with Crippen LogP contribution in [0.5, 0.6) is 0 Å². The van der Waals surface area contributed by atoms with Crippen LogP contribution >= 0.6 is 8.22 Å². The molecule has 0 unspecified atom stereocenters. The zero-order chi connectivity index (χ0) is 15.6. The highest BCUT2D eigenvalue weighted by Gasteiger charge is 2.33. The lowest BCUT2D eigenvalue weighted by molar-refractivity contribution is 0.314. The minimum absolute atomic E-state index is 0.409. The first-order valence-corrected chi connectivity index (χ1v) is 10.3. The minimum atomic E-state index is -0.409. The van der Waals surface area contributed by atoms with Crippen molar-refractivity contribution in [1.82, 2.24) is 18.7 Å². The average Bonchev–Trinajstić information content (AvgIpc) is 2.94. The number of aryl methyl sites for hydroxylation is 1. The number of hydrogen-bond donors (Lipinski definition) is 0. The standard InChI is InChI=1S/C18H27N4P/c1-16-18(22-15-9-4-10-17(22)19-16)23(20-11-5-2-6-12-20)21-13-7-3-8-14-21/h4,9-10,15H,2-3,5-8,11-14H2,1H3. The number of hydrogen-bond acceptors (Lipinski definition) is 3. The Morgan fingerprint density at radius 3 is 2.09 bits per heavy atom. The Kier molecular flexibility index (Phi) is 4.66. The van der Waals surface area contributed by atoms with Gasteiger partial charge in [0.1, 0.15) is 5.65 Å². The molecule has 2 fully saturated rings. The molecule has 0 spiro atoms. The second-order valence-electron chi connectivity index (χ2n) is 6.77. The van der Waals surface area contributed by atoms with Crippen molar-refractivity contribution < 1.29 is 0 Å². The van der Waals surface area contributed by atoms with Gasteiger partial charge in [0.2, 0.25) is 0 Å². The largest absolute Gasteiger partial charge is 0.297 e. The van der Waals surface area contributed by atoms with E-state index in [0.29, 0.717) is 0 Å². The molecule has 2 aliphatic rings. The number of nitrogens with zero attached hydrogens (tertiary/aromatic N) is 4. The molecule has 124 valence electrons. The van der Waals surface area contributed by atoms with Crippen molar-refractivity contribution in [2.75, 3.05) is 26.2 Å². The third-order valence-electron chi connectivity index (χ3n) is 5.06. The van der Waals surface area contributed by atoms with Crippen LogP contribution in [0.1, 0.15) is 44.2 Å². The van der Waals surface area contributed by atoms with Gasteiger partial charge in [0.15, 0.2) is 0 Å². The summed E-state index contributed by atoms with van der Waals surface area (Å²) >= 11 is 0. The Bertz CT molecular complexity index is 638. The zero-order valence-electron chi connectivity index (χ0n) is 14.1. The van der Waals surface area contributed by atoms with Crippen molar-refractivity contribution in [1.29, 1.82) is 0 Å². The highest BCUT2D eigenvalue weighted by molar-refractivity contribution is 7.60. The van der Waals surface area contributed by atoms with Gasteiger partial charge in [-0.1, -0.05) is 18.9 Å². The summed E-state index contributed by atoms with van der Waals surface area (Å²) in [7, 11) is -0.409. The molecule has 2 saturated heterocycles. The molecule has 4 rings (SSSR count). The van der Waals surface area contributed by atoms with Gasteiger partial charge in [-0.05, 0) is 44.7 Å². The third-order valence-corrected chi connectivity index (χ3v) is 7.85. The van der Waals surface area contributed by atoms with E-state index in [1.807, 2.05) is 0 Å². The van der Waals surface area contributed by atoms with Crippen LogP contribution in [-0.2, 0) is 0 Å². The first-order chi connectivity index (χ1) is 11.3. The number of piperidine rings is 2. The Balaban J connectivity index is 1.77. The summed E-state index contributed by atoms with van der Waals surface area (Å²) in [6.07, 6.45) is 10.4. The fourth-order valence-corrected chi connectivity index (χ4v) is 6.84. The molecule has 0 amide bonds. The summed E-state index contributed by atoms with van der Waals surface area (Å²) in [5.41, 5.74) is 3.78. The molecule has 5 heteroatoms. The normalized spacial score (nSPS) is 21.3. The zero-order valence-corrected chi connectivity index (χ0v) is 15.0. The Morgan fingerprint density at radius 2 is 1.48 bits per heavy atom. The number of rotatable bonds is 3. The van der Waals surface area contributed by atoms with Crippen molar-refractivity contribution in [2.45, 2.75) is 45.4 Å². The molecule has 0 radical (unpaired) electrons. The molecule has 0 atom stereocenters. The van der Waals surface area contributed by atoms with Crippen LogP contribution in [-0.4, -0.2) is 44.9 Å². The van der Waals surface area contributed by atoms with E-state index >= 15 is 0 Å². The lowest BCUT2D eigenvalue weighted by Crippen LogP contribution is -2.40.